The number of para-hydroxylation sites is 3. The largest absolute Gasteiger partial charge is 0.455 e. The molecular formula is C51H43N5O. The van der Waals surface area contributed by atoms with E-state index in [2.05, 4.69) is 178 Å². The second kappa shape index (κ2) is 13.1. The molecule has 57 heavy (non-hydrogen) atoms. The van der Waals surface area contributed by atoms with Crippen LogP contribution in [0, 0.1) is 20.8 Å². The summed E-state index contributed by atoms with van der Waals surface area (Å²) in [6, 6.07) is 49.2. The summed E-state index contributed by atoms with van der Waals surface area (Å²) in [5, 5.41) is 9.69. The zero-order valence-electron chi connectivity index (χ0n) is 33.1. The van der Waals surface area contributed by atoms with Crippen LogP contribution in [0.2, 0.25) is 0 Å². The highest BCUT2D eigenvalue weighted by molar-refractivity contribution is 6.30. The topological polar surface area (TPSA) is 49.8 Å². The minimum atomic E-state index is -0.0424. The van der Waals surface area contributed by atoms with Crippen LogP contribution in [0.1, 0.15) is 43.0 Å². The van der Waals surface area contributed by atoms with E-state index in [1.165, 1.54) is 38.6 Å². The van der Waals surface area contributed by atoms with Crippen molar-refractivity contribution in [2.24, 2.45) is 0 Å². The molecule has 0 aliphatic carbocycles. The maximum absolute atomic E-state index is 7.17. The number of pyridine rings is 1. The van der Waals surface area contributed by atoms with Gasteiger partial charge < -0.3 is 9.30 Å². The number of hydrogen-bond acceptors (Lipinski definition) is 3. The quantitative estimate of drug-likeness (QED) is 0.170. The van der Waals surface area contributed by atoms with E-state index in [0.29, 0.717) is 5.75 Å². The smallest absolute Gasteiger partial charge is 0.154 e. The Morgan fingerprint density at radius 3 is 1.98 bits per heavy atom. The van der Waals surface area contributed by atoms with E-state index in [-0.39, 0.29) is 5.41 Å². The van der Waals surface area contributed by atoms with Crippen molar-refractivity contribution in [3.05, 3.63) is 174 Å². The van der Waals surface area contributed by atoms with Gasteiger partial charge in [-0.1, -0.05) is 99.1 Å². The van der Waals surface area contributed by atoms with Gasteiger partial charge in [-0.15, -0.1) is 0 Å². The summed E-state index contributed by atoms with van der Waals surface area (Å²) in [5.74, 6) is 2.34. The van der Waals surface area contributed by atoms with Crippen molar-refractivity contribution in [3.63, 3.8) is 0 Å². The number of hydrogen-bond donors (Lipinski definition) is 0. The molecule has 0 saturated carbocycles. The van der Waals surface area contributed by atoms with E-state index in [1.54, 1.807) is 0 Å². The van der Waals surface area contributed by atoms with Gasteiger partial charge in [-0.25, -0.2) is 9.67 Å². The average molecular weight is 742 g/mol. The number of benzene rings is 6. The molecule has 0 atom stereocenters. The molecule has 10 rings (SSSR count). The minimum absolute atomic E-state index is 0.0424. The Balaban J connectivity index is 1.23. The Morgan fingerprint density at radius 2 is 1.25 bits per heavy atom. The Bertz CT molecular complexity index is 3150. The second-order valence-corrected chi connectivity index (χ2v) is 16.2. The Kier molecular flexibility index (Phi) is 7.94. The lowest BCUT2D eigenvalue weighted by Crippen LogP contribution is -2.12. The minimum Gasteiger partial charge on any atom is -0.455 e. The van der Waals surface area contributed by atoms with Crippen molar-refractivity contribution in [1.29, 1.82) is 0 Å². The van der Waals surface area contributed by atoms with Gasteiger partial charge in [0.05, 0.1) is 33.4 Å². The molecule has 4 aromatic heterocycles. The van der Waals surface area contributed by atoms with Crippen LogP contribution in [0.3, 0.4) is 0 Å². The third-order valence-corrected chi connectivity index (χ3v) is 11.2. The second-order valence-electron chi connectivity index (χ2n) is 16.2. The first-order valence-electron chi connectivity index (χ1n) is 19.6. The van der Waals surface area contributed by atoms with E-state index in [4.69, 9.17) is 14.8 Å². The monoisotopic (exact) mass is 741 g/mol. The molecule has 0 unspecified atom stereocenters. The molecule has 6 aromatic carbocycles. The standard InChI is InChI=1S/C51H43N5O/c1-32-27-33(2)47(34(3)28-32)41-24-26-54(53-41)37-17-14-18-38(30-37)57-45-31-44-48(49-40-20-11-12-21-42(40)55(50(45)49)36-15-8-7-9-16-36)39-19-10-13-22-43(39)56(44)46-29-35(23-25-52-46)51(4,5)6/h7-31H,1-6H3. The highest BCUT2D eigenvalue weighted by atomic mass is 16.5. The van der Waals surface area contributed by atoms with E-state index in [0.717, 1.165) is 61.5 Å². The molecule has 0 bridgehead atoms. The van der Waals surface area contributed by atoms with Crippen molar-refractivity contribution in [2.75, 3.05) is 0 Å². The summed E-state index contributed by atoms with van der Waals surface area (Å²) in [4.78, 5) is 5.00. The van der Waals surface area contributed by atoms with Gasteiger partial charge in [0.25, 0.3) is 0 Å². The number of aromatic nitrogens is 5. The molecule has 0 fully saturated rings. The number of nitrogens with zero attached hydrogens (tertiary/aromatic N) is 5. The summed E-state index contributed by atoms with van der Waals surface area (Å²) < 4.78 is 13.8. The summed E-state index contributed by atoms with van der Waals surface area (Å²) in [6.45, 7) is 13.2. The fourth-order valence-corrected chi connectivity index (χ4v) is 8.76. The van der Waals surface area contributed by atoms with Crippen LogP contribution in [0.15, 0.2) is 152 Å². The van der Waals surface area contributed by atoms with Crippen molar-refractivity contribution in [1.82, 2.24) is 23.9 Å². The molecule has 0 amide bonds. The zero-order valence-corrected chi connectivity index (χ0v) is 33.1. The Hall–Kier alpha value is -6.92. The summed E-state index contributed by atoms with van der Waals surface area (Å²) in [7, 11) is 0. The molecule has 0 saturated heterocycles. The fourth-order valence-electron chi connectivity index (χ4n) is 8.76. The first-order chi connectivity index (χ1) is 27.6. The maximum Gasteiger partial charge on any atom is 0.154 e. The van der Waals surface area contributed by atoms with Crippen LogP contribution >= 0.6 is 0 Å². The molecule has 6 heteroatoms. The van der Waals surface area contributed by atoms with E-state index >= 15 is 0 Å². The highest BCUT2D eigenvalue weighted by Crippen LogP contribution is 2.47. The van der Waals surface area contributed by atoms with Crippen molar-refractivity contribution < 1.29 is 4.74 Å². The molecule has 6 nitrogen and oxygen atoms in total. The van der Waals surface area contributed by atoms with Gasteiger partial charge in [0, 0.05) is 57.3 Å². The van der Waals surface area contributed by atoms with Crippen molar-refractivity contribution >= 4 is 43.6 Å². The van der Waals surface area contributed by atoms with Crippen LogP contribution in [0.5, 0.6) is 11.5 Å². The molecule has 4 heterocycles. The van der Waals surface area contributed by atoms with E-state index < -0.39 is 0 Å². The maximum atomic E-state index is 7.17. The van der Waals surface area contributed by atoms with Crippen LogP contribution in [0.25, 0.3) is 72.1 Å². The van der Waals surface area contributed by atoms with Crippen LogP contribution in [-0.4, -0.2) is 23.9 Å². The van der Waals surface area contributed by atoms with E-state index in [1.807, 2.05) is 29.2 Å². The molecule has 0 N–H and O–H groups in total. The predicted molar refractivity (Wildman–Crippen MR) is 235 cm³/mol. The Morgan fingerprint density at radius 1 is 0.579 bits per heavy atom. The molecule has 10 aromatic rings. The zero-order chi connectivity index (χ0) is 39.0. The third-order valence-electron chi connectivity index (χ3n) is 11.2. The van der Waals surface area contributed by atoms with Gasteiger partial charge in [0.1, 0.15) is 11.6 Å². The van der Waals surface area contributed by atoms with Crippen LogP contribution < -0.4 is 4.74 Å². The summed E-state index contributed by atoms with van der Waals surface area (Å²) in [5.41, 5.74) is 13.2. The lowest BCUT2D eigenvalue weighted by Gasteiger charge is -2.20. The highest BCUT2D eigenvalue weighted by Gasteiger charge is 2.25. The normalized spacial score (nSPS) is 12.0. The SMILES string of the molecule is Cc1cc(C)c(-c2ccn(-c3cccc(Oc4cc5c(c6ccccc6n5-c5cc(C(C)(C)C)ccn5)c5c6ccccc6n(-c6ccccc6)c45)c3)n2)c(C)c1. The number of rotatable bonds is 6. The van der Waals surface area contributed by atoms with Gasteiger partial charge >= 0.3 is 0 Å². The Labute approximate surface area is 332 Å². The molecule has 0 aliphatic heterocycles. The van der Waals surface area contributed by atoms with Gasteiger partial charge in [0.15, 0.2) is 5.75 Å². The molecule has 0 aliphatic rings. The number of fused-ring (bicyclic) bond motifs is 7. The third kappa shape index (κ3) is 5.71. The summed E-state index contributed by atoms with van der Waals surface area (Å²) >= 11 is 0. The van der Waals surface area contributed by atoms with Gasteiger partial charge in [-0.2, -0.15) is 5.10 Å². The van der Waals surface area contributed by atoms with Crippen LogP contribution in [0.4, 0.5) is 0 Å². The first kappa shape index (κ1) is 34.6. The van der Waals surface area contributed by atoms with Gasteiger partial charge in [0.2, 0.25) is 0 Å². The summed E-state index contributed by atoms with van der Waals surface area (Å²) in [6.07, 6.45) is 3.96. The predicted octanol–water partition coefficient (Wildman–Crippen LogP) is 13.1. The lowest BCUT2D eigenvalue weighted by atomic mass is 9.88. The molecule has 0 spiro atoms. The fraction of sp³-hybridized carbons (Fsp3) is 0.137. The average Bonchev–Trinajstić information content (AvgIpc) is 3.91. The molecule has 0 radical (unpaired) electrons. The molecule has 278 valence electrons. The van der Waals surface area contributed by atoms with Gasteiger partial charge in [-0.05, 0) is 97.5 Å². The number of aryl methyl sites for hydroxylation is 3. The molecular weight excluding hydrogens is 699 g/mol. The van der Waals surface area contributed by atoms with Gasteiger partial charge in [-0.3, -0.25) is 4.57 Å². The van der Waals surface area contributed by atoms with Crippen molar-refractivity contribution in [2.45, 2.75) is 47.0 Å². The first-order valence-corrected chi connectivity index (χ1v) is 19.6. The number of ether oxygens (including phenoxy) is 1. The van der Waals surface area contributed by atoms with Crippen LogP contribution in [-0.2, 0) is 5.41 Å². The lowest BCUT2D eigenvalue weighted by molar-refractivity contribution is 0.486. The van der Waals surface area contributed by atoms with Crippen molar-refractivity contribution in [3.8, 4) is 39.9 Å². The van der Waals surface area contributed by atoms with E-state index in [9.17, 15) is 0 Å².